The lowest BCUT2D eigenvalue weighted by Gasteiger charge is -2.01. The zero-order valence-corrected chi connectivity index (χ0v) is 11.5. The number of nitrogens with zero attached hydrogens (tertiary/aromatic N) is 1. The van der Waals surface area contributed by atoms with E-state index < -0.39 is 0 Å². The van der Waals surface area contributed by atoms with Gasteiger partial charge in [-0.2, -0.15) is 0 Å². The van der Waals surface area contributed by atoms with Gasteiger partial charge in [0.2, 0.25) is 5.89 Å². The highest BCUT2D eigenvalue weighted by Crippen LogP contribution is 2.28. The molecule has 0 saturated carbocycles. The van der Waals surface area contributed by atoms with Gasteiger partial charge in [0.05, 0.1) is 11.3 Å². The summed E-state index contributed by atoms with van der Waals surface area (Å²) in [5, 5.41) is 3.22. The maximum Gasteiger partial charge on any atom is 0.227 e. The van der Waals surface area contributed by atoms with Crippen molar-refractivity contribution in [3.63, 3.8) is 0 Å². The van der Waals surface area contributed by atoms with Crippen molar-refractivity contribution in [2.75, 3.05) is 6.54 Å². The zero-order chi connectivity index (χ0) is 12.3. The SMILES string of the molecule is CCNCc1coc(-c2cc(C)ccc2Br)n1. The molecule has 0 atom stereocenters. The summed E-state index contributed by atoms with van der Waals surface area (Å²) in [5.74, 6) is 0.661. The van der Waals surface area contributed by atoms with Crippen LogP contribution in [0.1, 0.15) is 18.2 Å². The van der Waals surface area contributed by atoms with Crippen LogP contribution in [0.15, 0.2) is 33.4 Å². The second kappa shape index (κ2) is 5.47. The lowest BCUT2D eigenvalue weighted by atomic mass is 10.1. The summed E-state index contributed by atoms with van der Waals surface area (Å²) < 4.78 is 6.50. The topological polar surface area (TPSA) is 38.1 Å². The van der Waals surface area contributed by atoms with Crippen molar-refractivity contribution in [3.8, 4) is 11.5 Å². The summed E-state index contributed by atoms with van der Waals surface area (Å²) in [6.45, 7) is 5.79. The first kappa shape index (κ1) is 12.3. The van der Waals surface area contributed by atoms with Crippen molar-refractivity contribution in [2.45, 2.75) is 20.4 Å². The number of hydrogen-bond donors (Lipinski definition) is 1. The Balaban J connectivity index is 2.27. The van der Waals surface area contributed by atoms with Crippen molar-refractivity contribution in [1.29, 1.82) is 0 Å². The van der Waals surface area contributed by atoms with Gasteiger partial charge in [-0.3, -0.25) is 0 Å². The first-order valence-corrected chi connectivity index (χ1v) is 6.41. The molecule has 3 nitrogen and oxygen atoms in total. The van der Waals surface area contributed by atoms with Crippen LogP contribution in [0, 0.1) is 6.92 Å². The molecule has 2 aromatic rings. The Morgan fingerprint density at radius 2 is 2.24 bits per heavy atom. The minimum Gasteiger partial charge on any atom is -0.444 e. The van der Waals surface area contributed by atoms with Gasteiger partial charge >= 0.3 is 0 Å². The van der Waals surface area contributed by atoms with Gasteiger partial charge in [0, 0.05) is 11.0 Å². The van der Waals surface area contributed by atoms with Crippen LogP contribution in [-0.2, 0) is 6.54 Å². The van der Waals surface area contributed by atoms with Crippen LogP contribution in [0.2, 0.25) is 0 Å². The highest BCUT2D eigenvalue weighted by Gasteiger charge is 2.10. The molecule has 0 radical (unpaired) electrons. The summed E-state index contributed by atoms with van der Waals surface area (Å²) >= 11 is 3.51. The Morgan fingerprint density at radius 1 is 1.41 bits per heavy atom. The van der Waals surface area contributed by atoms with Gasteiger partial charge in [0.15, 0.2) is 0 Å². The average molecular weight is 295 g/mol. The number of aromatic nitrogens is 1. The zero-order valence-electron chi connectivity index (χ0n) is 9.96. The molecule has 0 unspecified atom stereocenters. The quantitative estimate of drug-likeness (QED) is 0.937. The molecule has 17 heavy (non-hydrogen) atoms. The van der Waals surface area contributed by atoms with E-state index in [0.717, 1.165) is 28.8 Å². The lowest BCUT2D eigenvalue weighted by molar-refractivity contribution is 0.570. The van der Waals surface area contributed by atoms with Crippen molar-refractivity contribution in [1.82, 2.24) is 10.3 Å². The molecule has 4 heteroatoms. The van der Waals surface area contributed by atoms with E-state index in [1.807, 2.05) is 6.07 Å². The monoisotopic (exact) mass is 294 g/mol. The van der Waals surface area contributed by atoms with Crippen LogP contribution < -0.4 is 5.32 Å². The molecule has 1 aromatic heterocycles. The second-order valence-electron chi connectivity index (χ2n) is 3.91. The van der Waals surface area contributed by atoms with Gasteiger partial charge < -0.3 is 9.73 Å². The molecule has 90 valence electrons. The van der Waals surface area contributed by atoms with Crippen LogP contribution in [-0.4, -0.2) is 11.5 Å². The summed E-state index contributed by atoms with van der Waals surface area (Å²) in [7, 11) is 0. The molecule has 1 N–H and O–H groups in total. The Kier molecular flexibility index (Phi) is 3.97. The number of hydrogen-bond acceptors (Lipinski definition) is 3. The van der Waals surface area contributed by atoms with E-state index in [1.54, 1.807) is 6.26 Å². The molecule has 0 fully saturated rings. The largest absolute Gasteiger partial charge is 0.444 e. The highest BCUT2D eigenvalue weighted by atomic mass is 79.9. The van der Waals surface area contributed by atoms with E-state index in [4.69, 9.17) is 4.42 Å². The van der Waals surface area contributed by atoms with Gasteiger partial charge in [-0.05, 0) is 41.5 Å². The smallest absolute Gasteiger partial charge is 0.227 e. The molecule has 0 aliphatic heterocycles. The molecule has 0 spiro atoms. The Hall–Kier alpha value is -1.13. The number of benzene rings is 1. The van der Waals surface area contributed by atoms with Crippen molar-refractivity contribution in [2.24, 2.45) is 0 Å². The first-order valence-electron chi connectivity index (χ1n) is 5.62. The van der Waals surface area contributed by atoms with Gasteiger partial charge in [-0.15, -0.1) is 0 Å². The fraction of sp³-hybridized carbons (Fsp3) is 0.308. The molecule has 0 bridgehead atoms. The first-order chi connectivity index (χ1) is 8.20. The summed E-state index contributed by atoms with van der Waals surface area (Å²) in [6.07, 6.45) is 1.70. The number of oxazole rings is 1. The van der Waals surface area contributed by atoms with Crippen molar-refractivity contribution in [3.05, 3.63) is 40.2 Å². The molecule has 0 amide bonds. The van der Waals surface area contributed by atoms with E-state index in [-0.39, 0.29) is 0 Å². The van der Waals surface area contributed by atoms with E-state index in [9.17, 15) is 0 Å². The molecule has 2 rings (SSSR count). The third-order valence-electron chi connectivity index (χ3n) is 2.46. The highest BCUT2D eigenvalue weighted by molar-refractivity contribution is 9.10. The maximum absolute atomic E-state index is 5.50. The van der Waals surface area contributed by atoms with E-state index in [2.05, 4.69) is 52.2 Å². The third kappa shape index (κ3) is 2.96. The molecule has 0 aliphatic carbocycles. The summed E-state index contributed by atoms with van der Waals surface area (Å²) in [4.78, 5) is 4.46. The van der Waals surface area contributed by atoms with Crippen LogP contribution in [0.25, 0.3) is 11.5 Å². The standard InChI is InChI=1S/C13H15BrN2O/c1-3-15-7-10-8-17-13(16-10)11-6-9(2)4-5-12(11)14/h4-6,8,15H,3,7H2,1-2H3. The van der Waals surface area contributed by atoms with Gasteiger partial charge in [0.25, 0.3) is 0 Å². The summed E-state index contributed by atoms with van der Waals surface area (Å²) in [6, 6.07) is 6.13. The minimum absolute atomic E-state index is 0.661. The van der Waals surface area contributed by atoms with Crippen molar-refractivity contribution < 1.29 is 4.42 Å². The molecule has 1 heterocycles. The van der Waals surface area contributed by atoms with Gasteiger partial charge in [-0.1, -0.05) is 18.6 Å². The van der Waals surface area contributed by atoms with E-state index >= 15 is 0 Å². The fourth-order valence-corrected chi connectivity index (χ4v) is 1.98. The normalized spacial score (nSPS) is 10.8. The van der Waals surface area contributed by atoms with E-state index in [0.29, 0.717) is 5.89 Å². The predicted molar refractivity (Wildman–Crippen MR) is 71.8 cm³/mol. The second-order valence-corrected chi connectivity index (χ2v) is 4.76. The number of halogens is 1. The third-order valence-corrected chi connectivity index (χ3v) is 3.15. The molecule has 1 aromatic carbocycles. The fourth-order valence-electron chi connectivity index (χ4n) is 1.57. The van der Waals surface area contributed by atoms with Crippen LogP contribution in [0.4, 0.5) is 0 Å². The number of nitrogens with one attached hydrogen (secondary N) is 1. The van der Waals surface area contributed by atoms with E-state index in [1.165, 1.54) is 5.56 Å². The average Bonchev–Trinajstić information content (AvgIpc) is 2.78. The molecular formula is C13H15BrN2O. The lowest BCUT2D eigenvalue weighted by Crippen LogP contribution is -2.11. The Morgan fingerprint density at radius 3 is 3.00 bits per heavy atom. The number of rotatable bonds is 4. The van der Waals surface area contributed by atoms with Gasteiger partial charge in [-0.25, -0.2) is 4.98 Å². The van der Waals surface area contributed by atoms with Crippen LogP contribution in [0.5, 0.6) is 0 Å². The molecular weight excluding hydrogens is 280 g/mol. The van der Waals surface area contributed by atoms with Gasteiger partial charge in [0.1, 0.15) is 6.26 Å². The number of aryl methyl sites for hydroxylation is 1. The minimum atomic E-state index is 0.661. The summed E-state index contributed by atoms with van der Waals surface area (Å²) in [5.41, 5.74) is 3.11. The molecule has 0 aliphatic rings. The predicted octanol–water partition coefficient (Wildman–Crippen LogP) is 3.52. The molecule has 0 saturated heterocycles. The van der Waals surface area contributed by atoms with Crippen molar-refractivity contribution >= 4 is 15.9 Å². The van der Waals surface area contributed by atoms with Crippen LogP contribution in [0.3, 0.4) is 0 Å². The van der Waals surface area contributed by atoms with Crippen LogP contribution >= 0.6 is 15.9 Å². The Bertz CT molecular complexity index is 508. The maximum atomic E-state index is 5.50. The Labute approximate surface area is 109 Å².